The van der Waals surface area contributed by atoms with Crippen molar-refractivity contribution in [3.63, 3.8) is 0 Å². The lowest BCUT2D eigenvalue weighted by Gasteiger charge is -2.33. The normalized spacial score (nSPS) is 24.3. The molecule has 0 bridgehead atoms. The third kappa shape index (κ3) is 5.96. The molecule has 6 rings (SSSR count). The van der Waals surface area contributed by atoms with Gasteiger partial charge in [0.1, 0.15) is 11.6 Å². The summed E-state index contributed by atoms with van der Waals surface area (Å²) in [5.74, 6) is -0.975. The second-order valence-electron chi connectivity index (χ2n) is 10.9. The van der Waals surface area contributed by atoms with Gasteiger partial charge in [0.25, 0.3) is 6.43 Å². The number of halogens is 4. The lowest BCUT2D eigenvalue weighted by molar-refractivity contribution is 0.0597. The summed E-state index contributed by atoms with van der Waals surface area (Å²) in [5.41, 5.74) is 4.52. The maximum Gasteiger partial charge on any atom is 0.251 e. The van der Waals surface area contributed by atoms with Gasteiger partial charge in [0.15, 0.2) is 0 Å². The Labute approximate surface area is 216 Å². The van der Waals surface area contributed by atoms with Crippen molar-refractivity contribution < 1.29 is 17.6 Å². The van der Waals surface area contributed by atoms with E-state index in [-0.39, 0.29) is 12.6 Å². The second kappa shape index (κ2) is 11.0. The van der Waals surface area contributed by atoms with Gasteiger partial charge in [-0.3, -0.25) is 4.90 Å². The third-order valence-electron chi connectivity index (χ3n) is 8.30. The molecule has 0 saturated carbocycles. The molecule has 37 heavy (non-hydrogen) atoms. The fourth-order valence-electron chi connectivity index (χ4n) is 6.31. The van der Waals surface area contributed by atoms with E-state index >= 15 is 0 Å². The lowest BCUT2D eigenvalue weighted by atomic mass is 9.80. The molecule has 3 aromatic rings. The van der Waals surface area contributed by atoms with Gasteiger partial charge in [-0.2, -0.15) is 0 Å². The van der Waals surface area contributed by atoms with Crippen molar-refractivity contribution in [2.45, 2.75) is 58.0 Å². The number of aromatic nitrogens is 1. The van der Waals surface area contributed by atoms with E-state index in [1.54, 1.807) is 0 Å². The van der Waals surface area contributed by atoms with Crippen LogP contribution in [0, 0.1) is 17.0 Å². The number of hydrogen-bond acceptors (Lipinski definition) is 3. The number of anilines is 1. The maximum atomic E-state index is 13.3. The van der Waals surface area contributed by atoms with E-state index < -0.39 is 18.1 Å². The number of alkyl halides is 2. The standard InChI is InChI=1S/C15H20F2N2.C14H16F2N2/c16-12-8-13(17)10-14(9-12)19-7-4-15(11-19)2-1-5-18-6-3-15;1-9-6-11-10-4-2-3-5-12(10)17-13(11)7-18(9)8-14(15)16/h8-10,18H,1-7,11H2;2-5,9,14,17H,6-8H2,1H3. The number of nitrogens with zero attached hydrogens (tertiary/aromatic N) is 2. The van der Waals surface area contributed by atoms with Crippen LogP contribution >= 0.6 is 0 Å². The Balaban J connectivity index is 0.000000152. The van der Waals surface area contributed by atoms with Crippen LogP contribution in [0.2, 0.25) is 0 Å². The largest absolute Gasteiger partial charge is 0.371 e. The highest BCUT2D eigenvalue weighted by atomic mass is 19.3. The third-order valence-corrected chi connectivity index (χ3v) is 8.30. The van der Waals surface area contributed by atoms with E-state index in [2.05, 4.69) is 21.3 Å². The van der Waals surface area contributed by atoms with Gasteiger partial charge in [-0.15, -0.1) is 0 Å². The zero-order chi connectivity index (χ0) is 26.0. The van der Waals surface area contributed by atoms with E-state index in [9.17, 15) is 17.6 Å². The van der Waals surface area contributed by atoms with Crippen LogP contribution < -0.4 is 10.2 Å². The van der Waals surface area contributed by atoms with Crippen LogP contribution in [0.15, 0.2) is 42.5 Å². The number of hydrogen-bond donors (Lipinski definition) is 2. The van der Waals surface area contributed by atoms with E-state index in [1.807, 2.05) is 30.0 Å². The monoisotopic (exact) mass is 516 g/mol. The molecular weight excluding hydrogens is 480 g/mol. The van der Waals surface area contributed by atoms with Gasteiger partial charge in [-0.25, -0.2) is 17.6 Å². The van der Waals surface area contributed by atoms with E-state index in [0.717, 1.165) is 56.3 Å². The quantitative estimate of drug-likeness (QED) is 0.412. The molecule has 3 aliphatic rings. The van der Waals surface area contributed by atoms with Crippen LogP contribution in [-0.2, 0) is 13.0 Å². The van der Waals surface area contributed by atoms with Gasteiger partial charge in [0.05, 0.1) is 6.54 Å². The van der Waals surface area contributed by atoms with Crippen molar-refractivity contribution >= 4 is 16.6 Å². The second-order valence-corrected chi connectivity index (χ2v) is 10.9. The van der Waals surface area contributed by atoms with Gasteiger partial charge >= 0.3 is 0 Å². The molecule has 8 heteroatoms. The molecule has 200 valence electrons. The Bertz CT molecular complexity index is 1180. The Morgan fingerprint density at radius 3 is 2.59 bits per heavy atom. The number of H-pyrrole nitrogens is 1. The molecule has 4 nitrogen and oxygen atoms in total. The molecule has 2 fully saturated rings. The fourth-order valence-corrected chi connectivity index (χ4v) is 6.31. The first kappa shape index (κ1) is 26.0. The van der Waals surface area contributed by atoms with Crippen molar-refractivity contribution in [1.82, 2.24) is 15.2 Å². The smallest absolute Gasteiger partial charge is 0.251 e. The van der Waals surface area contributed by atoms with E-state index in [0.29, 0.717) is 17.6 Å². The van der Waals surface area contributed by atoms with E-state index in [1.165, 1.54) is 42.3 Å². The summed E-state index contributed by atoms with van der Waals surface area (Å²) in [6, 6.07) is 12.1. The first-order valence-corrected chi connectivity index (χ1v) is 13.3. The van der Waals surface area contributed by atoms with Crippen LogP contribution in [0.4, 0.5) is 23.2 Å². The molecule has 4 heterocycles. The minimum absolute atomic E-state index is 0.143. The van der Waals surface area contributed by atoms with Gasteiger partial charge in [0.2, 0.25) is 0 Å². The highest BCUT2D eigenvalue weighted by Gasteiger charge is 2.38. The average molecular weight is 517 g/mol. The molecule has 2 N–H and O–H groups in total. The van der Waals surface area contributed by atoms with Gasteiger partial charge in [0, 0.05) is 54.0 Å². The number of aromatic amines is 1. The molecular formula is C29H36F4N4. The van der Waals surface area contributed by atoms with Crippen molar-refractivity contribution in [2.75, 3.05) is 37.6 Å². The Kier molecular flexibility index (Phi) is 7.77. The Morgan fingerprint density at radius 2 is 1.81 bits per heavy atom. The Morgan fingerprint density at radius 1 is 1.03 bits per heavy atom. The van der Waals surface area contributed by atoms with Crippen molar-refractivity contribution in [2.24, 2.45) is 5.41 Å². The van der Waals surface area contributed by atoms with Crippen LogP contribution in [0.1, 0.15) is 43.9 Å². The molecule has 0 aliphatic carbocycles. The topological polar surface area (TPSA) is 34.3 Å². The number of nitrogens with one attached hydrogen (secondary N) is 2. The highest BCUT2D eigenvalue weighted by Crippen LogP contribution is 2.41. The maximum absolute atomic E-state index is 13.3. The van der Waals surface area contributed by atoms with Crippen molar-refractivity contribution in [1.29, 1.82) is 0 Å². The predicted octanol–water partition coefficient (Wildman–Crippen LogP) is 6.11. The molecule has 1 aromatic heterocycles. The Hall–Kier alpha value is -2.58. The summed E-state index contributed by atoms with van der Waals surface area (Å²) in [6.45, 7) is 6.46. The summed E-state index contributed by atoms with van der Waals surface area (Å²) in [4.78, 5) is 7.34. The molecule has 2 atom stereocenters. The van der Waals surface area contributed by atoms with Gasteiger partial charge < -0.3 is 15.2 Å². The highest BCUT2D eigenvalue weighted by molar-refractivity contribution is 5.84. The molecule has 2 aromatic carbocycles. The zero-order valence-electron chi connectivity index (χ0n) is 21.4. The predicted molar refractivity (Wildman–Crippen MR) is 140 cm³/mol. The van der Waals surface area contributed by atoms with E-state index in [4.69, 9.17) is 0 Å². The van der Waals surface area contributed by atoms with Crippen molar-refractivity contribution in [3.8, 4) is 0 Å². The fraction of sp³-hybridized carbons (Fsp3) is 0.517. The summed E-state index contributed by atoms with van der Waals surface area (Å²) < 4.78 is 51.6. The summed E-state index contributed by atoms with van der Waals surface area (Å²) in [5, 5.41) is 4.67. The van der Waals surface area contributed by atoms with Crippen LogP contribution in [0.5, 0.6) is 0 Å². The summed E-state index contributed by atoms with van der Waals surface area (Å²) >= 11 is 0. The van der Waals surface area contributed by atoms with Crippen LogP contribution in [0.3, 0.4) is 0 Å². The zero-order valence-corrected chi connectivity index (χ0v) is 21.4. The van der Waals surface area contributed by atoms with Gasteiger partial charge in [-0.1, -0.05) is 18.2 Å². The summed E-state index contributed by atoms with van der Waals surface area (Å²) in [7, 11) is 0. The minimum Gasteiger partial charge on any atom is -0.371 e. The SMILES string of the molecule is CC1Cc2c([nH]c3ccccc23)CN1CC(F)F.Fc1cc(F)cc(N2CCC3(CCCNCC3)C2)c1. The van der Waals surface area contributed by atoms with Crippen LogP contribution in [0.25, 0.3) is 10.9 Å². The number of fused-ring (bicyclic) bond motifs is 3. The lowest BCUT2D eigenvalue weighted by Crippen LogP contribution is -2.40. The molecule has 3 aliphatic heterocycles. The summed E-state index contributed by atoms with van der Waals surface area (Å²) in [6.07, 6.45) is 3.29. The van der Waals surface area contributed by atoms with Crippen molar-refractivity contribution in [3.05, 3.63) is 65.4 Å². The molecule has 2 saturated heterocycles. The minimum atomic E-state index is -2.27. The molecule has 2 unspecified atom stereocenters. The molecule has 0 amide bonds. The van der Waals surface area contributed by atoms with Gasteiger partial charge in [-0.05, 0) is 81.3 Å². The first-order valence-electron chi connectivity index (χ1n) is 13.3. The number of rotatable bonds is 3. The number of benzene rings is 2. The molecule has 1 spiro atoms. The average Bonchev–Trinajstić information content (AvgIpc) is 3.34. The molecule has 0 radical (unpaired) electrons. The first-order chi connectivity index (χ1) is 17.8. The number of para-hydroxylation sites is 1. The van der Waals surface area contributed by atoms with Crippen LogP contribution in [-0.4, -0.2) is 55.1 Å².